The highest BCUT2D eigenvalue weighted by Crippen LogP contribution is 2.24. The average molecular weight is 336 g/mol. The van der Waals surface area contributed by atoms with E-state index in [0.717, 1.165) is 7.11 Å². The van der Waals surface area contributed by atoms with Crippen molar-refractivity contribution in [2.45, 2.75) is 44.8 Å². The molecule has 0 aliphatic rings. The molecule has 0 heterocycles. The number of nitriles is 1. The Morgan fingerprint density at radius 1 is 1.33 bits per heavy atom. The minimum absolute atomic E-state index is 0.136. The van der Waals surface area contributed by atoms with Crippen molar-refractivity contribution in [2.24, 2.45) is 0 Å². The number of hydrogen-bond donors (Lipinski definition) is 1. The predicted molar refractivity (Wildman–Crippen MR) is 84.5 cm³/mol. The molecule has 2 atom stereocenters. The van der Waals surface area contributed by atoms with Gasteiger partial charge in [0, 0.05) is 5.56 Å². The van der Waals surface area contributed by atoms with E-state index in [0.29, 0.717) is 0 Å². The second kappa shape index (κ2) is 8.29. The van der Waals surface area contributed by atoms with Crippen LogP contribution in [0.15, 0.2) is 24.3 Å². The number of esters is 1. The van der Waals surface area contributed by atoms with Crippen molar-refractivity contribution in [3.05, 3.63) is 35.6 Å². The fourth-order valence-corrected chi connectivity index (χ4v) is 2.05. The molecule has 0 radical (unpaired) electrons. The Balaban J connectivity index is 2.93. The van der Waals surface area contributed by atoms with Crippen LogP contribution in [0.25, 0.3) is 0 Å². The third kappa shape index (κ3) is 5.88. The molecular formula is C17H21FN2O4. The summed E-state index contributed by atoms with van der Waals surface area (Å²) < 4.78 is 23.6. The zero-order chi connectivity index (χ0) is 18.3. The Labute approximate surface area is 140 Å². The van der Waals surface area contributed by atoms with Gasteiger partial charge in [-0.3, -0.25) is 0 Å². The van der Waals surface area contributed by atoms with Crippen LogP contribution in [0.4, 0.5) is 9.18 Å². The Bertz CT molecular complexity index is 634. The summed E-state index contributed by atoms with van der Waals surface area (Å²) in [4.78, 5) is 23.7. The van der Waals surface area contributed by atoms with Gasteiger partial charge in [-0.15, -0.1) is 0 Å². The predicted octanol–water partition coefficient (Wildman–Crippen LogP) is 2.89. The van der Waals surface area contributed by atoms with Crippen molar-refractivity contribution in [1.29, 1.82) is 5.26 Å². The van der Waals surface area contributed by atoms with Crippen LogP contribution in [0.2, 0.25) is 0 Å². The standard InChI is InChI=1S/C17H21FN2O4/c1-17(2,3)24-16(22)20-14(15(21)23-4)9-11(10-19)12-7-5-6-8-13(12)18/h5-8,11,14H,9H2,1-4H3,(H,20,22). The molecule has 1 N–H and O–H groups in total. The largest absolute Gasteiger partial charge is 0.467 e. The third-order valence-electron chi connectivity index (χ3n) is 3.08. The van der Waals surface area contributed by atoms with Crippen molar-refractivity contribution in [3.8, 4) is 6.07 Å². The summed E-state index contributed by atoms with van der Waals surface area (Å²) in [5.41, 5.74) is -0.592. The second-order valence-electron chi connectivity index (χ2n) is 6.16. The van der Waals surface area contributed by atoms with Crippen LogP contribution in [0.3, 0.4) is 0 Å². The van der Waals surface area contributed by atoms with Crippen LogP contribution in [0.5, 0.6) is 0 Å². The van der Waals surface area contributed by atoms with Gasteiger partial charge in [0.15, 0.2) is 0 Å². The number of alkyl carbamates (subject to hydrolysis) is 1. The van der Waals surface area contributed by atoms with E-state index in [1.165, 1.54) is 18.2 Å². The quantitative estimate of drug-likeness (QED) is 0.835. The molecule has 1 rings (SSSR count). The molecule has 1 amide bonds. The third-order valence-corrected chi connectivity index (χ3v) is 3.08. The Kier molecular flexibility index (Phi) is 6.71. The highest BCUT2D eigenvalue weighted by atomic mass is 19.1. The topological polar surface area (TPSA) is 88.4 Å². The van der Waals surface area contributed by atoms with Crippen LogP contribution in [0, 0.1) is 17.1 Å². The number of nitrogens with one attached hydrogen (secondary N) is 1. The van der Waals surface area contributed by atoms with Crippen LogP contribution in [-0.4, -0.2) is 30.8 Å². The number of hydrogen-bond acceptors (Lipinski definition) is 5. The highest BCUT2D eigenvalue weighted by molar-refractivity contribution is 5.81. The molecular weight excluding hydrogens is 315 g/mol. The van der Waals surface area contributed by atoms with Gasteiger partial charge in [-0.25, -0.2) is 14.0 Å². The molecule has 0 spiro atoms. The maximum Gasteiger partial charge on any atom is 0.408 e. The molecule has 0 fully saturated rings. The van der Waals surface area contributed by atoms with Crippen molar-refractivity contribution in [1.82, 2.24) is 5.32 Å². The molecule has 7 heteroatoms. The molecule has 2 unspecified atom stereocenters. The fraction of sp³-hybridized carbons (Fsp3) is 0.471. The zero-order valence-corrected chi connectivity index (χ0v) is 14.1. The van der Waals surface area contributed by atoms with Crippen molar-refractivity contribution >= 4 is 12.1 Å². The lowest BCUT2D eigenvalue weighted by atomic mass is 9.93. The number of rotatable bonds is 5. The number of halogens is 1. The summed E-state index contributed by atoms with van der Waals surface area (Å²) >= 11 is 0. The van der Waals surface area contributed by atoms with Crippen LogP contribution in [-0.2, 0) is 14.3 Å². The highest BCUT2D eigenvalue weighted by Gasteiger charge is 2.29. The molecule has 0 bridgehead atoms. The Morgan fingerprint density at radius 3 is 2.46 bits per heavy atom. The first-order valence-corrected chi connectivity index (χ1v) is 7.39. The first kappa shape index (κ1) is 19.4. The summed E-state index contributed by atoms with van der Waals surface area (Å²) in [7, 11) is 1.16. The number of ether oxygens (including phenoxy) is 2. The van der Waals surface area contributed by atoms with E-state index in [1.807, 2.05) is 6.07 Å². The van der Waals surface area contributed by atoms with Gasteiger partial charge in [-0.05, 0) is 33.3 Å². The summed E-state index contributed by atoms with van der Waals surface area (Å²) in [5.74, 6) is -2.22. The van der Waals surface area contributed by atoms with Crippen molar-refractivity contribution < 1.29 is 23.5 Å². The number of carbonyl (C=O) groups excluding carboxylic acids is 2. The molecule has 0 aliphatic heterocycles. The number of methoxy groups -OCH3 is 1. The minimum atomic E-state index is -1.13. The van der Waals surface area contributed by atoms with E-state index in [1.54, 1.807) is 26.8 Å². The van der Waals surface area contributed by atoms with E-state index in [-0.39, 0.29) is 12.0 Å². The zero-order valence-electron chi connectivity index (χ0n) is 14.1. The molecule has 130 valence electrons. The maximum absolute atomic E-state index is 13.9. The second-order valence-corrected chi connectivity index (χ2v) is 6.16. The summed E-state index contributed by atoms with van der Waals surface area (Å²) in [6, 6.07) is 6.61. The van der Waals surface area contributed by atoms with E-state index in [4.69, 9.17) is 4.74 Å². The summed E-state index contributed by atoms with van der Waals surface area (Å²) in [6.07, 6.45) is -0.952. The smallest absolute Gasteiger partial charge is 0.408 e. The maximum atomic E-state index is 13.9. The number of benzene rings is 1. The number of amides is 1. The van der Waals surface area contributed by atoms with Gasteiger partial charge < -0.3 is 14.8 Å². The molecule has 1 aromatic rings. The lowest BCUT2D eigenvalue weighted by Crippen LogP contribution is -2.44. The SMILES string of the molecule is COC(=O)C(CC(C#N)c1ccccc1F)NC(=O)OC(C)(C)C. The Morgan fingerprint density at radius 2 is 1.96 bits per heavy atom. The van der Waals surface area contributed by atoms with Gasteiger partial charge in [0.25, 0.3) is 0 Å². The molecule has 24 heavy (non-hydrogen) atoms. The van der Waals surface area contributed by atoms with E-state index < -0.39 is 35.4 Å². The van der Waals surface area contributed by atoms with Gasteiger partial charge in [-0.1, -0.05) is 18.2 Å². The van der Waals surface area contributed by atoms with Gasteiger partial charge in [0.05, 0.1) is 19.1 Å². The lowest BCUT2D eigenvalue weighted by molar-refractivity contribution is -0.143. The summed E-state index contributed by atoms with van der Waals surface area (Å²) in [6.45, 7) is 5.03. The first-order chi connectivity index (χ1) is 11.2. The van der Waals surface area contributed by atoms with E-state index in [9.17, 15) is 19.2 Å². The molecule has 0 saturated heterocycles. The van der Waals surface area contributed by atoms with Crippen LogP contribution < -0.4 is 5.32 Å². The molecule has 1 aromatic carbocycles. The van der Waals surface area contributed by atoms with Crippen LogP contribution in [0.1, 0.15) is 38.7 Å². The van der Waals surface area contributed by atoms with Gasteiger partial charge in [-0.2, -0.15) is 5.26 Å². The Hall–Kier alpha value is -2.62. The van der Waals surface area contributed by atoms with Gasteiger partial charge in [0.1, 0.15) is 17.5 Å². The van der Waals surface area contributed by atoms with Gasteiger partial charge in [0.2, 0.25) is 0 Å². The summed E-state index contributed by atoms with van der Waals surface area (Å²) in [5, 5.41) is 11.7. The van der Waals surface area contributed by atoms with Crippen LogP contribution >= 0.6 is 0 Å². The molecule has 0 saturated carbocycles. The lowest BCUT2D eigenvalue weighted by Gasteiger charge is -2.23. The first-order valence-electron chi connectivity index (χ1n) is 7.39. The average Bonchev–Trinajstić information content (AvgIpc) is 2.49. The molecule has 0 aliphatic carbocycles. The van der Waals surface area contributed by atoms with Crippen molar-refractivity contribution in [2.75, 3.05) is 7.11 Å². The van der Waals surface area contributed by atoms with E-state index >= 15 is 0 Å². The molecule has 6 nitrogen and oxygen atoms in total. The fourth-order valence-electron chi connectivity index (χ4n) is 2.05. The molecule has 0 aromatic heterocycles. The monoisotopic (exact) mass is 336 g/mol. The number of carbonyl (C=O) groups is 2. The minimum Gasteiger partial charge on any atom is -0.467 e. The van der Waals surface area contributed by atoms with Gasteiger partial charge >= 0.3 is 12.1 Å². The normalized spacial score (nSPS) is 13.3. The number of nitrogens with zero attached hydrogens (tertiary/aromatic N) is 1. The van der Waals surface area contributed by atoms with E-state index in [2.05, 4.69) is 10.1 Å². The van der Waals surface area contributed by atoms with Crippen molar-refractivity contribution in [3.63, 3.8) is 0 Å².